The van der Waals surface area contributed by atoms with E-state index in [0.717, 1.165) is 26.0 Å². The predicted molar refractivity (Wildman–Crippen MR) is 133 cm³/mol. The number of nitrogens with one attached hydrogen (secondary N) is 1. The lowest BCUT2D eigenvalue weighted by Crippen LogP contribution is -2.13. The Balaban J connectivity index is 1.30. The molecule has 4 rings (SSSR count). The van der Waals surface area contributed by atoms with Crippen molar-refractivity contribution in [3.63, 3.8) is 0 Å². The number of benzene rings is 2. The molecule has 1 amide bonds. The van der Waals surface area contributed by atoms with Crippen LogP contribution < -0.4 is 5.32 Å². The van der Waals surface area contributed by atoms with Crippen LogP contribution in [-0.2, 0) is 11.2 Å². The third kappa shape index (κ3) is 6.22. The predicted octanol–water partition coefficient (Wildman–Crippen LogP) is 7.55. The van der Waals surface area contributed by atoms with Crippen LogP contribution in [0, 0.1) is 0 Å². The molecule has 10 heteroatoms. The Morgan fingerprint density at radius 1 is 1.06 bits per heavy atom. The smallest absolute Gasteiger partial charge is 0.236 e. The second-order valence-corrected chi connectivity index (χ2v) is 10.9. The van der Waals surface area contributed by atoms with E-state index in [1.807, 2.05) is 35.7 Å². The van der Waals surface area contributed by atoms with Crippen LogP contribution in [0.2, 0.25) is 15.1 Å². The van der Waals surface area contributed by atoms with Crippen molar-refractivity contribution in [1.82, 2.24) is 9.97 Å². The van der Waals surface area contributed by atoms with Crippen molar-refractivity contribution in [2.75, 3.05) is 11.1 Å². The topological polar surface area (TPSA) is 54.9 Å². The Bertz CT molecular complexity index is 1210. The third-order valence-electron chi connectivity index (χ3n) is 4.13. The number of rotatable bonds is 7. The minimum atomic E-state index is -0.126. The molecule has 0 fully saturated rings. The molecule has 2 aromatic heterocycles. The van der Waals surface area contributed by atoms with Crippen molar-refractivity contribution in [2.24, 2.45) is 0 Å². The van der Waals surface area contributed by atoms with Gasteiger partial charge in [-0.15, -0.1) is 22.7 Å². The van der Waals surface area contributed by atoms with Gasteiger partial charge in [-0.3, -0.25) is 4.79 Å². The van der Waals surface area contributed by atoms with E-state index in [4.69, 9.17) is 34.8 Å². The minimum absolute atomic E-state index is 0.126. The highest BCUT2D eigenvalue weighted by Gasteiger charge is 2.11. The summed E-state index contributed by atoms with van der Waals surface area (Å²) in [5, 5.41) is 7.28. The highest BCUT2D eigenvalue weighted by Crippen LogP contribution is 2.30. The molecular weight excluding hydrogens is 513 g/mol. The molecule has 0 aliphatic carbocycles. The van der Waals surface area contributed by atoms with E-state index in [2.05, 4.69) is 15.3 Å². The van der Waals surface area contributed by atoms with Crippen molar-refractivity contribution in [2.45, 2.75) is 10.8 Å². The molecule has 0 unspecified atom stereocenters. The van der Waals surface area contributed by atoms with E-state index in [0.29, 0.717) is 26.6 Å². The maximum atomic E-state index is 12.3. The summed E-state index contributed by atoms with van der Waals surface area (Å²) < 4.78 is 0.831. The highest BCUT2D eigenvalue weighted by atomic mass is 35.5. The van der Waals surface area contributed by atoms with Gasteiger partial charge in [0.1, 0.15) is 0 Å². The first-order valence-electron chi connectivity index (χ1n) is 8.99. The number of hydrogen-bond donors (Lipinski definition) is 1. The molecule has 1 N–H and O–H groups in total. The van der Waals surface area contributed by atoms with Gasteiger partial charge in [0.15, 0.2) is 9.47 Å². The van der Waals surface area contributed by atoms with Crippen LogP contribution in [0.4, 0.5) is 5.13 Å². The van der Waals surface area contributed by atoms with Gasteiger partial charge in [-0.25, -0.2) is 9.97 Å². The highest BCUT2D eigenvalue weighted by molar-refractivity contribution is 8.01. The fourth-order valence-electron chi connectivity index (χ4n) is 2.66. The van der Waals surface area contributed by atoms with Crippen LogP contribution in [0.25, 0.3) is 11.3 Å². The summed E-state index contributed by atoms with van der Waals surface area (Å²) in [5.41, 5.74) is 2.83. The van der Waals surface area contributed by atoms with Crippen molar-refractivity contribution < 1.29 is 4.79 Å². The number of carbonyl (C=O) groups excluding carboxylic acids is 1. The summed E-state index contributed by atoms with van der Waals surface area (Å²) in [6, 6.07) is 12.9. The minimum Gasteiger partial charge on any atom is -0.301 e. The van der Waals surface area contributed by atoms with Crippen LogP contribution in [0.1, 0.15) is 10.4 Å². The zero-order chi connectivity index (χ0) is 21.8. The number of carbonyl (C=O) groups is 1. The first-order chi connectivity index (χ1) is 15.0. The molecule has 0 spiro atoms. The second-order valence-electron chi connectivity index (χ2n) is 6.39. The van der Waals surface area contributed by atoms with Crippen LogP contribution in [0.5, 0.6) is 0 Å². The number of anilines is 1. The van der Waals surface area contributed by atoms with E-state index < -0.39 is 0 Å². The van der Waals surface area contributed by atoms with Gasteiger partial charge in [-0.1, -0.05) is 64.8 Å². The number of thioether (sulfide) groups is 1. The van der Waals surface area contributed by atoms with Crippen LogP contribution >= 0.6 is 69.2 Å². The zero-order valence-electron chi connectivity index (χ0n) is 15.8. The van der Waals surface area contributed by atoms with Crippen molar-refractivity contribution in [3.8, 4) is 11.3 Å². The van der Waals surface area contributed by atoms with Gasteiger partial charge in [0.05, 0.1) is 11.4 Å². The van der Waals surface area contributed by atoms with Gasteiger partial charge in [-0.05, 0) is 29.8 Å². The molecule has 4 nitrogen and oxygen atoms in total. The zero-order valence-corrected chi connectivity index (χ0v) is 20.5. The average Bonchev–Trinajstić information content (AvgIpc) is 3.39. The summed E-state index contributed by atoms with van der Waals surface area (Å²) in [5.74, 6) is 0.129. The van der Waals surface area contributed by atoms with Gasteiger partial charge >= 0.3 is 0 Å². The average molecular weight is 527 g/mol. The van der Waals surface area contributed by atoms with Crippen LogP contribution in [0.15, 0.2) is 58.4 Å². The second kappa shape index (κ2) is 10.3. The number of aromatic nitrogens is 2. The molecule has 0 aliphatic rings. The summed E-state index contributed by atoms with van der Waals surface area (Å²) in [4.78, 5) is 22.2. The lowest BCUT2D eigenvalue weighted by Gasteiger charge is -2.02. The standard InChI is InChI=1S/C21H14Cl3N3OS3/c22-14-4-1-12(2-5-14)18-10-29-21(26-18)30-11-19(28)27-20-25-9-16(31-20)7-13-3-6-15(23)8-17(13)24/h1-6,8-10H,7,11H2,(H,25,27,28). The molecule has 0 radical (unpaired) electrons. The summed E-state index contributed by atoms with van der Waals surface area (Å²) in [6.45, 7) is 0. The fourth-order valence-corrected chi connectivity index (χ4v) is 5.75. The summed E-state index contributed by atoms with van der Waals surface area (Å²) in [7, 11) is 0. The fraction of sp³-hybridized carbons (Fsp3) is 0.0952. The Morgan fingerprint density at radius 3 is 2.61 bits per heavy atom. The van der Waals surface area contributed by atoms with Gasteiger partial charge in [0.25, 0.3) is 0 Å². The van der Waals surface area contributed by atoms with E-state index in [9.17, 15) is 4.79 Å². The van der Waals surface area contributed by atoms with Crippen LogP contribution in [-0.4, -0.2) is 21.6 Å². The Kier molecular flexibility index (Phi) is 7.53. The number of amides is 1. The van der Waals surface area contributed by atoms with Gasteiger partial charge in [0, 0.05) is 43.5 Å². The first kappa shape index (κ1) is 22.6. The number of nitrogens with zero attached hydrogens (tertiary/aromatic N) is 2. The van der Waals surface area contributed by atoms with Crippen molar-refractivity contribution in [1.29, 1.82) is 0 Å². The molecule has 0 saturated heterocycles. The van der Waals surface area contributed by atoms with E-state index in [1.54, 1.807) is 18.3 Å². The first-order valence-corrected chi connectivity index (χ1v) is 12.8. The van der Waals surface area contributed by atoms with Gasteiger partial charge in [0.2, 0.25) is 5.91 Å². The third-order valence-corrected chi connectivity index (χ3v) is 7.90. The van der Waals surface area contributed by atoms with E-state index >= 15 is 0 Å². The summed E-state index contributed by atoms with van der Waals surface area (Å²) in [6.07, 6.45) is 2.38. The molecule has 31 heavy (non-hydrogen) atoms. The molecular formula is C21H14Cl3N3OS3. The monoisotopic (exact) mass is 525 g/mol. The number of thiazole rings is 2. The normalized spacial score (nSPS) is 10.9. The Morgan fingerprint density at radius 2 is 1.84 bits per heavy atom. The molecule has 0 bridgehead atoms. The SMILES string of the molecule is O=C(CSc1nc(-c2ccc(Cl)cc2)cs1)Nc1ncc(Cc2ccc(Cl)cc2Cl)s1. The Hall–Kier alpha value is -1.61. The van der Waals surface area contributed by atoms with E-state index in [1.165, 1.54) is 34.4 Å². The Labute approximate surface area is 206 Å². The van der Waals surface area contributed by atoms with Gasteiger partial charge in [-0.2, -0.15) is 0 Å². The van der Waals surface area contributed by atoms with E-state index in [-0.39, 0.29) is 11.7 Å². The molecule has 2 heterocycles. The number of hydrogen-bond acceptors (Lipinski definition) is 6. The maximum absolute atomic E-state index is 12.3. The number of halogens is 3. The van der Waals surface area contributed by atoms with Gasteiger partial charge < -0.3 is 5.32 Å². The lowest BCUT2D eigenvalue weighted by molar-refractivity contribution is -0.113. The quantitative estimate of drug-likeness (QED) is 0.253. The van der Waals surface area contributed by atoms with Crippen molar-refractivity contribution in [3.05, 3.63) is 79.5 Å². The molecule has 0 aliphatic heterocycles. The van der Waals surface area contributed by atoms with Crippen molar-refractivity contribution >= 4 is 80.3 Å². The van der Waals surface area contributed by atoms with Crippen LogP contribution in [0.3, 0.4) is 0 Å². The summed E-state index contributed by atoms with van der Waals surface area (Å²) >= 11 is 22.4. The molecule has 0 saturated carbocycles. The molecule has 4 aromatic rings. The largest absolute Gasteiger partial charge is 0.301 e. The molecule has 2 aromatic carbocycles. The maximum Gasteiger partial charge on any atom is 0.236 e. The molecule has 0 atom stereocenters. The lowest BCUT2D eigenvalue weighted by atomic mass is 10.1. The molecule has 158 valence electrons.